The summed E-state index contributed by atoms with van der Waals surface area (Å²) in [6.07, 6.45) is 5.66. The summed E-state index contributed by atoms with van der Waals surface area (Å²) in [6, 6.07) is 16.3. The summed E-state index contributed by atoms with van der Waals surface area (Å²) >= 11 is 6.00. The fourth-order valence-electron chi connectivity index (χ4n) is 3.05. The first-order chi connectivity index (χ1) is 12.7. The van der Waals surface area contributed by atoms with Gasteiger partial charge < -0.3 is 9.30 Å². The SMILES string of the molecule is CCCCCN=c1ccn(Cc2ccc(Cl)cc2)c2ccc(OC)cc12. The number of hydrogen-bond donors (Lipinski definition) is 0. The molecular weight excluding hydrogens is 344 g/mol. The Bertz CT molecular complexity index is 929. The van der Waals surface area contributed by atoms with Crippen LogP contribution in [-0.2, 0) is 6.54 Å². The third-order valence-electron chi connectivity index (χ3n) is 4.51. The molecule has 0 saturated carbocycles. The van der Waals surface area contributed by atoms with Crippen molar-refractivity contribution in [1.82, 2.24) is 4.57 Å². The molecule has 0 aliphatic carbocycles. The smallest absolute Gasteiger partial charge is 0.119 e. The minimum absolute atomic E-state index is 0.759. The fraction of sp³-hybridized carbons (Fsp3) is 0.318. The first kappa shape index (κ1) is 18.5. The van der Waals surface area contributed by atoms with Crippen molar-refractivity contribution >= 4 is 22.5 Å². The van der Waals surface area contributed by atoms with Crippen LogP contribution >= 0.6 is 11.6 Å². The average Bonchev–Trinajstić information content (AvgIpc) is 2.67. The summed E-state index contributed by atoms with van der Waals surface area (Å²) in [5, 5.41) is 2.91. The van der Waals surface area contributed by atoms with Gasteiger partial charge in [0.25, 0.3) is 0 Å². The number of unbranched alkanes of at least 4 members (excludes halogenated alkanes) is 2. The summed E-state index contributed by atoms with van der Waals surface area (Å²) < 4.78 is 7.67. The Morgan fingerprint density at radius 2 is 1.85 bits per heavy atom. The zero-order chi connectivity index (χ0) is 18.4. The predicted molar refractivity (Wildman–Crippen MR) is 109 cm³/mol. The molecule has 3 nitrogen and oxygen atoms in total. The normalized spacial score (nSPS) is 11.9. The van der Waals surface area contributed by atoms with Gasteiger partial charge in [0.05, 0.1) is 18.0 Å². The van der Waals surface area contributed by atoms with Gasteiger partial charge in [-0.1, -0.05) is 43.5 Å². The first-order valence-electron chi connectivity index (χ1n) is 9.13. The molecule has 3 aromatic rings. The number of rotatable bonds is 7. The van der Waals surface area contributed by atoms with Crippen LogP contribution in [0, 0.1) is 0 Å². The Balaban J connectivity index is 2.01. The number of methoxy groups -OCH3 is 1. The Kier molecular flexibility index (Phi) is 6.35. The predicted octanol–water partition coefficient (Wildman–Crippen LogP) is 5.44. The van der Waals surface area contributed by atoms with Gasteiger partial charge in [-0.05, 0) is 48.4 Å². The molecule has 1 heterocycles. The molecule has 0 fully saturated rings. The third kappa shape index (κ3) is 4.47. The quantitative estimate of drug-likeness (QED) is 0.510. The minimum atomic E-state index is 0.759. The molecule has 2 aromatic carbocycles. The van der Waals surface area contributed by atoms with E-state index in [0.29, 0.717) is 0 Å². The van der Waals surface area contributed by atoms with Crippen molar-refractivity contribution in [2.75, 3.05) is 13.7 Å². The number of aromatic nitrogens is 1. The largest absolute Gasteiger partial charge is 0.497 e. The van der Waals surface area contributed by atoms with Crippen molar-refractivity contribution in [2.24, 2.45) is 4.99 Å². The van der Waals surface area contributed by atoms with Gasteiger partial charge in [0.15, 0.2) is 0 Å². The van der Waals surface area contributed by atoms with Crippen LogP contribution in [0.5, 0.6) is 5.75 Å². The highest BCUT2D eigenvalue weighted by molar-refractivity contribution is 6.30. The van der Waals surface area contributed by atoms with Gasteiger partial charge in [-0.15, -0.1) is 0 Å². The molecule has 4 heteroatoms. The van der Waals surface area contributed by atoms with Crippen molar-refractivity contribution in [3.8, 4) is 5.75 Å². The van der Waals surface area contributed by atoms with Crippen molar-refractivity contribution in [2.45, 2.75) is 32.7 Å². The lowest BCUT2D eigenvalue weighted by Gasteiger charge is -2.13. The van der Waals surface area contributed by atoms with Crippen molar-refractivity contribution in [1.29, 1.82) is 0 Å². The summed E-state index contributed by atoms with van der Waals surface area (Å²) in [4.78, 5) is 4.82. The van der Waals surface area contributed by atoms with E-state index >= 15 is 0 Å². The average molecular weight is 369 g/mol. The Labute approximate surface area is 159 Å². The van der Waals surface area contributed by atoms with Crippen LogP contribution in [0.2, 0.25) is 5.02 Å². The number of nitrogens with zero attached hydrogens (tertiary/aromatic N) is 2. The third-order valence-corrected chi connectivity index (χ3v) is 4.76. The van der Waals surface area contributed by atoms with Crippen molar-refractivity contribution < 1.29 is 4.74 Å². The molecule has 136 valence electrons. The van der Waals surface area contributed by atoms with E-state index in [2.05, 4.69) is 48.0 Å². The maximum absolute atomic E-state index is 6.00. The molecule has 0 unspecified atom stereocenters. The summed E-state index contributed by atoms with van der Waals surface area (Å²) in [7, 11) is 1.70. The van der Waals surface area contributed by atoms with Gasteiger partial charge in [0, 0.05) is 29.7 Å². The van der Waals surface area contributed by atoms with Crippen LogP contribution in [0.4, 0.5) is 0 Å². The van der Waals surface area contributed by atoms with Crippen LogP contribution in [0.25, 0.3) is 10.9 Å². The maximum atomic E-state index is 6.00. The second-order valence-corrected chi connectivity index (χ2v) is 6.86. The number of ether oxygens (including phenoxy) is 1. The molecule has 0 amide bonds. The van der Waals surface area contributed by atoms with Crippen LogP contribution in [0.1, 0.15) is 31.7 Å². The van der Waals surface area contributed by atoms with Gasteiger partial charge in [0.2, 0.25) is 0 Å². The molecule has 1 aromatic heterocycles. The van der Waals surface area contributed by atoms with Crippen molar-refractivity contribution in [3.05, 3.63) is 70.7 Å². The zero-order valence-electron chi connectivity index (χ0n) is 15.4. The summed E-state index contributed by atoms with van der Waals surface area (Å²) in [5.41, 5.74) is 2.36. The van der Waals surface area contributed by atoms with E-state index in [0.717, 1.165) is 46.5 Å². The topological polar surface area (TPSA) is 26.5 Å². The highest BCUT2D eigenvalue weighted by atomic mass is 35.5. The number of hydrogen-bond acceptors (Lipinski definition) is 2. The lowest BCUT2D eigenvalue weighted by Crippen LogP contribution is -2.11. The highest BCUT2D eigenvalue weighted by Gasteiger charge is 2.05. The zero-order valence-corrected chi connectivity index (χ0v) is 16.2. The molecule has 3 rings (SSSR count). The van der Waals surface area contributed by atoms with E-state index in [4.69, 9.17) is 21.3 Å². The molecule has 0 aliphatic heterocycles. The lowest BCUT2D eigenvalue weighted by molar-refractivity contribution is 0.415. The first-order valence-corrected chi connectivity index (χ1v) is 9.51. The van der Waals surface area contributed by atoms with Gasteiger partial charge >= 0.3 is 0 Å². The van der Waals surface area contributed by atoms with Gasteiger partial charge in [-0.25, -0.2) is 0 Å². The van der Waals surface area contributed by atoms with Gasteiger partial charge in [0.1, 0.15) is 5.75 Å². The second kappa shape index (κ2) is 8.91. The van der Waals surface area contributed by atoms with Gasteiger partial charge in [-0.3, -0.25) is 4.99 Å². The number of halogens is 1. The van der Waals surface area contributed by atoms with E-state index in [1.165, 1.54) is 18.4 Å². The number of fused-ring (bicyclic) bond motifs is 1. The highest BCUT2D eigenvalue weighted by Crippen LogP contribution is 2.19. The van der Waals surface area contributed by atoms with E-state index in [9.17, 15) is 0 Å². The standard InChI is InChI=1S/C22H25ClN2O/c1-3-4-5-13-24-21-12-14-25(16-17-6-8-18(23)9-7-17)22-11-10-19(26-2)15-20(21)22/h6-12,14-15H,3-5,13,16H2,1-2H3. The van der Waals surface area contributed by atoms with Crippen molar-refractivity contribution in [3.63, 3.8) is 0 Å². The maximum Gasteiger partial charge on any atom is 0.119 e. The van der Waals surface area contributed by atoms with Gasteiger partial charge in [-0.2, -0.15) is 0 Å². The molecular formula is C22H25ClN2O. The van der Waals surface area contributed by atoms with Crippen LogP contribution in [-0.4, -0.2) is 18.2 Å². The monoisotopic (exact) mass is 368 g/mol. The number of pyridine rings is 1. The van der Waals surface area contributed by atoms with Crippen LogP contribution in [0.3, 0.4) is 0 Å². The van der Waals surface area contributed by atoms with E-state index < -0.39 is 0 Å². The molecule has 0 spiro atoms. The Morgan fingerprint density at radius 1 is 1.04 bits per heavy atom. The van der Waals surface area contributed by atoms with Crippen LogP contribution in [0.15, 0.2) is 59.7 Å². The second-order valence-electron chi connectivity index (χ2n) is 6.43. The van der Waals surface area contributed by atoms with Crippen LogP contribution < -0.4 is 10.1 Å². The molecule has 0 atom stereocenters. The Hall–Kier alpha value is -2.26. The summed E-state index contributed by atoms with van der Waals surface area (Å²) in [5.74, 6) is 0.853. The van der Waals surface area contributed by atoms with E-state index in [1.807, 2.05) is 18.2 Å². The number of benzene rings is 2. The Morgan fingerprint density at radius 3 is 2.58 bits per heavy atom. The molecule has 0 bridgehead atoms. The molecule has 26 heavy (non-hydrogen) atoms. The fourth-order valence-corrected chi connectivity index (χ4v) is 3.18. The molecule has 0 radical (unpaired) electrons. The minimum Gasteiger partial charge on any atom is -0.497 e. The molecule has 0 saturated heterocycles. The molecule has 0 N–H and O–H groups in total. The van der Waals surface area contributed by atoms with E-state index in [1.54, 1.807) is 7.11 Å². The molecule has 0 aliphatic rings. The summed E-state index contributed by atoms with van der Waals surface area (Å²) in [6.45, 7) is 3.86. The lowest BCUT2D eigenvalue weighted by atomic mass is 10.1. The van der Waals surface area contributed by atoms with E-state index in [-0.39, 0.29) is 0 Å².